The van der Waals surface area contributed by atoms with E-state index in [9.17, 15) is 14.4 Å². The monoisotopic (exact) mass is 457 g/mol. The molecule has 1 unspecified atom stereocenters. The van der Waals surface area contributed by atoms with E-state index < -0.39 is 18.0 Å². The normalized spacial score (nSPS) is 13.6. The van der Waals surface area contributed by atoms with Gasteiger partial charge >= 0.3 is 5.97 Å². The lowest BCUT2D eigenvalue weighted by Crippen LogP contribution is -2.31. The zero-order chi connectivity index (χ0) is 22.8. The number of benzene rings is 1. The van der Waals surface area contributed by atoms with Crippen molar-refractivity contribution in [3.63, 3.8) is 0 Å². The molecule has 1 amide bonds. The number of thiophene rings is 1. The average molecular weight is 458 g/mol. The fourth-order valence-electron chi connectivity index (χ4n) is 3.32. The molecule has 2 aromatic heterocycles. The number of nitrogens with zero attached hydrogens (tertiary/aromatic N) is 2. The summed E-state index contributed by atoms with van der Waals surface area (Å²) in [5, 5.41) is 3.27. The molecule has 0 saturated carbocycles. The smallest absolute Gasteiger partial charge is 0.308 e. The van der Waals surface area contributed by atoms with E-state index in [1.54, 1.807) is 18.2 Å². The van der Waals surface area contributed by atoms with E-state index in [2.05, 4.69) is 10.3 Å². The zero-order valence-electron chi connectivity index (χ0n) is 18.0. The standard InChI is InChI=1S/C22H23N3O6S/c1-12-14(3)32-21-19(12)22(28)25(11-23-21)7-6-18(26)31-13(2)20(27)24-15-4-5-16-17(10-15)30-9-8-29-16/h4-5,10-11,13H,6-9H2,1-3H3,(H,24,27). The number of nitrogens with one attached hydrogen (secondary N) is 1. The number of rotatable bonds is 6. The first kappa shape index (κ1) is 21.8. The highest BCUT2D eigenvalue weighted by Gasteiger charge is 2.20. The molecule has 0 fully saturated rings. The Morgan fingerprint density at radius 3 is 2.78 bits per heavy atom. The first-order valence-corrected chi connectivity index (χ1v) is 11.0. The van der Waals surface area contributed by atoms with Gasteiger partial charge in [-0.2, -0.15) is 0 Å². The minimum atomic E-state index is -1.00. The van der Waals surface area contributed by atoms with Gasteiger partial charge in [0.1, 0.15) is 18.0 Å². The minimum Gasteiger partial charge on any atom is -0.486 e. The highest BCUT2D eigenvalue weighted by Crippen LogP contribution is 2.32. The molecule has 0 radical (unpaired) electrons. The molecule has 0 aliphatic carbocycles. The van der Waals surface area contributed by atoms with E-state index in [1.165, 1.54) is 29.2 Å². The van der Waals surface area contributed by atoms with E-state index in [0.717, 1.165) is 10.4 Å². The van der Waals surface area contributed by atoms with Gasteiger partial charge in [-0.25, -0.2) is 4.98 Å². The van der Waals surface area contributed by atoms with Crippen molar-refractivity contribution >= 4 is 39.1 Å². The van der Waals surface area contributed by atoms with Crippen LogP contribution in [0, 0.1) is 13.8 Å². The average Bonchev–Trinajstić information content (AvgIpc) is 3.07. The Balaban J connectivity index is 1.33. The van der Waals surface area contributed by atoms with Crippen LogP contribution in [0.15, 0.2) is 29.3 Å². The van der Waals surface area contributed by atoms with Crippen molar-refractivity contribution in [1.29, 1.82) is 0 Å². The van der Waals surface area contributed by atoms with Crippen LogP contribution >= 0.6 is 11.3 Å². The van der Waals surface area contributed by atoms with E-state index in [0.29, 0.717) is 40.6 Å². The van der Waals surface area contributed by atoms with Crippen molar-refractivity contribution in [3.05, 3.63) is 45.3 Å². The summed E-state index contributed by atoms with van der Waals surface area (Å²) in [6.45, 7) is 6.36. The number of aromatic nitrogens is 2. The summed E-state index contributed by atoms with van der Waals surface area (Å²) in [5.74, 6) is 0.106. The Morgan fingerprint density at radius 2 is 2.00 bits per heavy atom. The number of carbonyl (C=O) groups is 2. The lowest BCUT2D eigenvalue weighted by atomic mass is 10.2. The maximum absolute atomic E-state index is 12.7. The third-order valence-corrected chi connectivity index (χ3v) is 6.32. The van der Waals surface area contributed by atoms with Crippen LogP contribution in [0.4, 0.5) is 5.69 Å². The number of hydrogen-bond donors (Lipinski definition) is 1. The highest BCUT2D eigenvalue weighted by molar-refractivity contribution is 7.18. The number of ether oxygens (including phenoxy) is 3. The van der Waals surface area contributed by atoms with Crippen LogP contribution < -0.4 is 20.3 Å². The zero-order valence-corrected chi connectivity index (χ0v) is 18.8. The van der Waals surface area contributed by atoms with E-state index in [1.807, 2.05) is 13.8 Å². The van der Waals surface area contributed by atoms with Crippen molar-refractivity contribution in [2.24, 2.45) is 0 Å². The van der Waals surface area contributed by atoms with Gasteiger partial charge in [0, 0.05) is 23.2 Å². The SMILES string of the molecule is Cc1sc2ncn(CCC(=O)OC(C)C(=O)Nc3ccc4c(c3)OCCO4)c(=O)c2c1C. The summed E-state index contributed by atoms with van der Waals surface area (Å²) >= 11 is 1.47. The fraction of sp³-hybridized carbons (Fsp3) is 0.364. The van der Waals surface area contributed by atoms with Gasteiger partial charge in [0.05, 0.1) is 18.1 Å². The molecule has 0 bridgehead atoms. The summed E-state index contributed by atoms with van der Waals surface area (Å²) in [6.07, 6.45) is 0.372. The number of anilines is 1. The largest absolute Gasteiger partial charge is 0.486 e. The predicted molar refractivity (Wildman–Crippen MR) is 120 cm³/mol. The van der Waals surface area contributed by atoms with Crippen LogP contribution in [0.3, 0.4) is 0 Å². The second-order valence-corrected chi connectivity index (χ2v) is 8.64. The molecule has 1 atom stereocenters. The highest BCUT2D eigenvalue weighted by atomic mass is 32.1. The van der Waals surface area contributed by atoms with Crippen LogP contribution in [-0.2, 0) is 20.9 Å². The molecule has 1 N–H and O–H groups in total. The van der Waals surface area contributed by atoms with Gasteiger partial charge in [0.2, 0.25) is 0 Å². The van der Waals surface area contributed by atoms with Crippen molar-refractivity contribution in [2.75, 3.05) is 18.5 Å². The van der Waals surface area contributed by atoms with Crippen molar-refractivity contribution in [1.82, 2.24) is 9.55 Å². The summed E-state index contributed by atoms with van der Waals surface area (Å²) < 4.78 is 17.6. The van der Waals surface area contributed by atoms with Crippen molar-refractivity contribution < 1.29 is 23.8 Å². The topological polar surface area (TPSA) is 109 Å². The Hall–Kier alpha value is -3.40. The number of aryl methyl sites for hydroxylation is 3. The number of carbonyl (C=O) groups excluding carboxylic acids is 2. The molecule has 1 aliphatic heterocycles. The molecule has 3 aromatic rings. The lowest BCUT2D eigenvalue weighted by Gasteiger charge is -2.19. The lowest BCUT2D eigenvalue weighted by molar-refractivity contribution is -0.153. The maximum Gasteiger partial charge on any atom is 0.308 e. The van der Waals surface area contributed by atoms with Gasteiger partial charge in [0.25, 0.3) is 11.5 Å². The number of esters is 1. The van der Waals surface area contributed by atoms with Crippen LogP contribution in [0.2, 0.25) is 0 Å². The second kappa shape index (κ2) is 8.99. The van der Waals surface area contributed by atoms with Crippen LogP contribution in [-0.4, -0.2) is 40.7 Å². The van der Waals surface area contributed by atoms with Crippen LogP contribution in [0.25, 0.3) is 10.2 Å². The van der Waals surface area contributed by atoms with Gasteiger partial charge < -0.3 is 19.5 Å². The van der Waals surface area contributed by atoms with Crippen LogP contribution in [0.5, 0.6) is 11.5 Å². The quantitative estimate of drug-likeness (QED) is 0.567. The summed E-state index contributed by atoms with van der Waals surface area (Å²) in [7, 11) is 0. The van der Waals surface area contributed by atoms with Gasteiger partial charge in [-0.15, -0.1) is 11.3 Å². The summed E-state index contributed by atoms with van der Waals surface area (Å²) in [4.78, 5) is 43.4. The molecule has 9 nitrogen and oxygen atoms in total. The van der Waals surface area contributed by atoms with Gasteiger partial charge in [-0.3, -0.25) is 19.0 Å². The molecule has 0 saturated heterocycles. The van der Waals surface area contributed by atoms with Gasteiger partial charge in [-0.1, -0.05) is 0 Å². The number of fused-ring (bicyclic) bond motifs is 2. The van der Waals surface area contributed by atoms with E-state index in [-0.39, 0.29) is 18.5 Å². The third kappa shape index (κ3) is 4.45. The first-order valence-electron chi connectivity index (χ1n) is 10.2. The van der Waals surface area contributed by atoms with Crippen LogP contribution in [0.1, 0.15) is 23.8 Å². The molecule has 0 spiro atoms. The summed E-state index contributed by atoms with van der Waals surface area (Å²) in [6, 6.07) is 5.05. The van der Waals surface area contributed by atoms with Gasteiger partial charge in [-0.05, 0) is 38.5 Å². The summed E-state index contributed by atoms with van der Waals surface area (Å²) in [5.41, 5.74) is 1.23. The number of hydrogen-bond acceptors (Lipinski definition) is 8. The number of amides is 1. The van der Waals surface area contributed by atoms with Crippen molar-refractivity contribution in [3.8, 4) is 11.5 Å². The molecule has 168 valence electrons. The Bertz CT molecular complexity index is 1250. The molecule has 10 heteroatoms. The molecule has 4 rings (SSSR count). The minimum absolute atomic E-state index is 0.0586. The molecule has 3 heterocycles. The molecule has 32 heavy (non-hydrogen) atoms. The second-order valence-electron chi connectivity index (χ2n) is 7.44. The van der Waals surface area contributed by atoms with Gasteiger partial charge in [0.15, 0.2) is 17.6 Å². The molecule has 1 aromatic carbocycles. The fourth-order valence-corrected chi connectivity index (χ4v) is 4.30. The van der Waals surface area contributed by atoms with E-state index >= 15 is 0 Å². The molecular formula is C22H23N3O6S. The maximum atomic E-state index is 12.7. The Morgan fingerprint density at radius 1 is 1.25 bits per heavy atom. The van der Waals surface area contributed by atoms with Crippen molar-refractivity contribution in [2.45, 2.75) is 39.8 Å². The first-order chi connectivity index (χ1) is 15.3. The molecular weight excluding hydrogens is 434 g/mol. The Labute approximate surface area is 187 Å². The Kier molecular flexibility index (Phi) is 6.13. The van der Waals surface area contributed by atoms with E-state index in [4.69, 9.17) is 14.2 Å². The molecule has 1 aliphatic rings. The predicted octanol–water partition coefficient (Wildman–Crippen LogP) is 2.81. The third-order valence-electron chi connectivity index (χ3n) is 5.20.